The lowest BCUT2D eigenvalue weighted by Crippen LogP contribution is -2.29. The third-order valence-corrected chi connectivity index (χ3v) is 1.60. The van der Waals surface area contributed by atoms with Crippen LogP contribution in [-0.2, 0) is 16.9 Å². The molecule has 80 valence electrons. The van der Waals surface area contributed by atoms with E-state index in [1.54, 1.807) is 0 Å². The normalized spacial score (nSPS) is 12.0. The molecule has 0 saturated carbocycles. The number of hydrogen-bond donors (Lipinski definition) is 1. The fraction of sp³-hybridized carbons (Fsp3) is 0.778. The highest BCUT2D eigenvalue weighted by molar-refractivity contribution is 4.96. The molecule has 0 aromatic carbocycles. The van der Waals surface area contributed by atoms with Crippen LogP contribution in [-0.4, -0.2) is 16.7 Å². The predicted octanol–water partition coefficient (Wildman–Crippen LogP) is 1.19. The molecular weight excluding hydrogens is 182 g/mol. The van der Waals surface area contributed by atoms with E-state index in [9.17, 15) is 0 Å². The van der Waals surface area contributed by atoms with Crippen LogP contribution in [0.3, 0.4) is 0 Å². The summed E-state index contributed by atoms with van der Waals surface area (Å²) in [5, 5.41) is 3.76. The third-order valence-electron chi connectivity index (χ3n) is 1.60. The van der Waals surface area contributed by atoms with E-state index in [-0.39, 0.29) is 0 Å². The smallest absolute Gasteiger partial charge is 0.246 e. The van der Waals surface area contributed by atoms with Gasteiger partial charge in [0.25, 0.3) is 0 Å². The van der Waals surface area contributed by atoms with Crippen LogP contribution in [0, 0.1) is 0 Å². The van der Waals surface area contributed by atoms with Gasteiger partial charge in [-0.2, -0.15) is 4.98 Å². The van der Waals surface area contributed by atoms with Gasteiger partial charge in [0.2, 0.25) is 5.89 Å². The Hall–Kier alpha value is -0.940. The molecule has 0 fully saturated rings. The molecular formula is C9H17N3O2. The van der Waals surface area contributed by atoms with E-state index >= 15 is 0 Å². The molecule has 0 aliphatic heterocycles. The van der Waals surface area contributed by atoms with Crippen LogP contribution in [0.25, 0.3) is 0 Å². The quantitative estimate of drug-likeness (QED) is 0.721. The molecule has 1 heterocycles. The molecule has 0 saturated heterocycles. The Morgan fingerprint density at radius 1 is 1.50 bits per heavy atom. The molecule has 2 N–H and O–H groups in total. The summed E-state index contributed by atoms with van der Waals surface area (Å²) in [6, 6.07) is 0. The van der Waals surface area contributed by atoms with Crippen LogP contribution in [0.5, 0.6) is 0 Å². The molecule has 0 atom stereocenters. The second-order valence-corrected chi connectivity index (χ2v) is 3.79. The highest BCUT2D eigenvalue weighted by atomic mass is 16.5. The van der Waals surface area contributed by atoms with Gasteiger partial charge in [0.15, 0.2) is 5.82 Å². The van der Waals surface area contributed by atoms with Gasteiger partial charge >= 0.3 is 0 Å². The summed E-state index contributed by atoms with van der Waals surface area (Å²) >= 11 is 0. The van der Waals surface area contributed by atoms with E-state index in [2.05, 4.69) is 10.1 Å². The fourth-order valence-electron chi connectivity index (χ4n) is 0.882. The average molecular weight is 199 g/mol. The monoisotopic (exact) mass is 199 g/mol. The Morgan fingerprint density at radius 2 is 2.21 bits per heavy atom. The lowest BCUT2D eigenvalue weighted by Gasteiger charge is -2.10. The standard InChI is InChI=1S/C9H17N3O2/c1-4-5-13-6-7-11-8(14-12-7)9(2,3)10/h4-6,10H2,1-3H3. The third kappa shape index (κ3) is 3.08. The van der Waals surface area contributed by atoms with Crippen LogP contribution < -0.4 is 5.73 Å². The topological polar surface area (TPSA) is 74.2 Å². The summed E-state index contributed by atoms with van der Waals surface area (Å²) in [4.78, 5) is 4.13. The summed E-state index contributed by atoms with van der Waals surface area (Å²) in [6.07, 6.45) is 0.979. The fourth-order valence-corrected chi connectivity index (χ4v) is 0.882. The molecule has 14 heavy (non-hydrogen) atoms. The largest absolute Gasteiger partial charge is 0.373 e. The van der Waals surface area contributed by atoms with Crippen molar-refractivity contribution in [1.29, 1.82) is 0 Å². The SMILES string of the molecule is CCCOCc1noc(C(C)(C)N)n1. The molecule has 0 aliphatic carbocycles. The van der Waals surface area contributed by atoms with Crippen molar-refractivity contribution >= 4 is 0 Å². The van der Waals surface area contributed by atoms with Crippen molar-refractivity contribution in [3.05, 3.63) is 11.7 Å². The number of nitrogens with two attached hydrogens (primary N) is 1. The van der Waals surface area contributed by atoms with Gasteiger partial charge in [-0.05, 0) is 20.3 Å². The molecule has 0 spiro atoms. The predicted molar refractivity (Wildman–Crippen MR) is 51.5 cm³/mol. The Labute approximate surface area is 83.6 Å². The Kier molecular flexibility index (Phi) is 3.60. The van der Waals surface area contributed by atoms with Crippen LogP contribution in [0.15, 0.2) is 4.52 Å². The second-order valence-electron chi connectivity index (χ2n) is 3.79. The summed E-state index contributed by atoms with van der Waals surface area (Å²) in [6.45, 7) is 6.77. The molecule has 0 amide bonds. The molecule has 0 bridgehead atoms. The van der Waals surface area contributed by atoms with E-state index in [0.717, 1.165) is 6.42 Å². The summed E-state index contributed by atoms with van der Waals surface area (Å²) in [5.41, 5.74) is 5.20. The first-order chi connectivity index (χ1) is 6.54. The van der Waals surface area contributed by atoms with Gasteiger partial charge in [0, 0.05) is 6.61 Å². The van der Waals surface area contributed by atoms with Gasteiger partial charge < -0.3 is 15.0 Å². The highest BCUT2D eigenvalue weighted by Gasteiger charge is 2.22. The van der Waals surface area contributed by atoms with Gasteiger partial charge in [-0.1, -0.05) is 12.1 Å². The van der Waals surface area contributed by atoms with Gasteiger partial charge in [-0.3, -0.25) is 0 Å². The first-order valence-corrected chi connectivity index (χ1v) is 4.73. The van der Waals surface area contributed by atoms with E-state index in [1.807, 2.05) is 20.8 Å². The molecule has 0 aliphatic rings. The zero-order chi connectivity index (χ0) is 10.6. The minimum atomic E-state index is -0.587. The lowest BCUT2D eigenvalue weighted by molar-refractivity contribution is 0.114. The molecule has 5 heteroatoms. The number of rotatable bonds is 5. The Balaban J connectivity index is 2.51. The van der Waals surface area contributed by atoms with Crippen LogP contribution in [0.1, 0.15) is 38.9 Å². The zero-order valence-electron chi connectivity index (χ0n) is 8.91. The van der Waals surface area contributed by atoms with E-state index < -0.39 is 5.54 Å². The van der Waals surface area contributed by atoms with Gasteiger partial charge in [0.1, 0.15) is 6.61 Å². The van der Waals surface area contributed by atoms with Gasteiger partial charge in [0.05, 0.1) is 5.54 Å². The van der Waals surface area contributed by atoms with E-state index in [4.69, 9.17) is 15.0 Å². The van der Waals surface area contributed by atoms with Crippen molar-refractivity contribution in [3.63, 3.8) is 0 Å². The van der Waals surface area contributed by atoms with Gasteiger partial charge in [-0.15, -0.1) is 0 Å². The van der Waals surface area contributed by atoms with Crippen LogP contribution in [0.4, 0.5) is 0 Å². The minimum Gasteiger partial charge on any atom is -0.373 e. The Bertz CT molecular complexity index is 278. The molecule has 1 rings (SSSR count). The molecule has 5 nitrogen and oxygen atoms in total. The minimum absolute atomic E-state index is 0.382. The van der Waals surface area contributed by atoms with Crippen molar-refractivity contribution in [3.8, 4) is 0 Å². The van der Waals surface area contributed by atoms with Crippen molar-refractivity contribution in [1.82, 2.24) is 10.1 Å². The van der Waals surface area contributed by atoms with Crippen LogP contribution in [0.2, 0.25) is 0 Å². The number of aromatic nitrogens is 2. The first-order valence-electron chi connectivity index (χ1n) is 4.73. The summed E-state index contributed by atoms with van der Waals surface area (Å²) < 4.78 is 10.3. The second kappa shape index (κ2) is 4.52. The van der Waals surface area contributed by atoms with Gasteiger partial charge in [-0.25, -0.2) is 0 Å². The summed E-state index contributed by atoms with van der Waals surface area (Å²) in [5.74, 6) is 0.986. The van der Waals surface area contributed by atoms with Crippen molar-refractivity contribution < 1.29 is 9.26 Å². The maximum atomic E-state index is 5.79. The molecule has 1 aromatic heterocycles. The van der Waals surface area contributed by atoms with E-state index in [1.165, 1.54) is 0 Å². The average Bonchev–Trinajstić information content (AvgIpc) is 2.52. The van der Waals surface area contributed by atoms with Crippen molar-refractivity contribution in [2.24, 2.45) is 5.73 Å². The van der Waals surface area contributed by atoms with E-state index in [0.29, 0.717) is 24.9 Å². The number of hydrogen-bond acceptors (Lipinski definition) is 5. The number of ether oxygens (including phenoxy) is 1. The molecule has 0 radical (unpaired) electrons. The van der Waals surface area contributed by atoms with Crippen molar-refractivity contribution in [2.75, 3.05) is 6.61 Å². The maximum absolute atomic E-state index is 5.79. The Morgan fingerprint density at radius 3 is 2.71 bits per heavy atom. The van der Waals surface area contributed by atoms with Crippen molar-refractivity contribution in [2.45, 2.75) is 39.3 Å². The first kappa shape index (κ1) is 11.1. The molecule has 0 unspecified atom stereocenters. The lowest BCUT2D eigenvalue weighted by atomic mass is 10.1. The molecule has 1 aromatic rings. The summed E-state index contributed by atoms with van der Waals surface area (Å²) in [7, 11) is 0. The zero-order valence-corrected chi connectivity index (χ0v) is 8.91. The highest BCUT2D eigenvalue weighted by Crippen LogP contribution is 2.13. The maximum Gasteiger partial charge on any atom is 0.246 e. The van der Waals surface area contributed by atoms with Crippen LogP contribution >= 0.6 is 0 Å². The number of nitrogens with zero attached hydrogens (tertiary/aromatic N) is 2.